The van der Waals surface area contributed by atoms with Crippen molar-refractivity contribution >= 4 is 23.5 Å². The molecular formula is C20H22N2O7. The average molecular weight is 402 g/mol. The minimum absolute atomic E-state index is 0.109. The molecule has 0 aromatic heterocycles. The highest BCUT2D eigenvalue weighted by Gasteiger charge is 2.16. The maximum atomic E-state index is 12.1. The Bertz CT molecular complexity index is 886. The molecule has 0 aliphatic rings. The van der Waals surface area contributed by atoms with Crippen molar-refractivity contribution in [3.05, 3.63) is 47.5 Å². The van der Waals surface area contributed by atoms with Crippen molar-refractivity contribution < 1.29 is 33.3 Å². The van der Waals surface area contributed by atoms with Crippen LogP contribution in [-0.4, -0.2) is 45.7 Å². The second-order valence-corrected chi connectivity index (χ2v) is 5.83. The van der Waals surface area contributed by atoms with Gasteiger partial charge in [0.25, 0.3) is 11.8 Å². The lowest BCUT2D eigenvalue weighted by Crippen LogP contribution is -2.23. The molecule has 2 aromatic rings. The van der Waals surface area contributed by atoms with Gasteiger partial charge in [0.1, 0.15) is 0 Å². The van der Waals surface area contributed by atoms with E-state index in [1.807, 2.05) is 0 Å². The van der Waals surface area contributed by atoms with E-state index in [0.717, 1.165) is 0 Å². The number of carbonyl (C=O) groups is 3. The number of amides is 2. The summed E-state index contributed by atoms with van der Waals surface area (Å²) in [6, 6.07) is 9.49. The SMILES string of the molecule is COc1cc(CC(=O)OCC(=O)Nc2ccccc2C(N)=O)cc(OC)c1OC. The van der Waals surface area contributed by atoms with Crippen molar-refractivity contribution in [3.8, 4) is 17.2 Å². The molecule has 0 saturated heterocycles. The van der Waals surface area contributed by atoms with Gasteiger partial charge in [-0.2, -0.15) is 0 Å². The molecule has 0 heterocycles. The zero-order chi connectivity index (χ0) is 21.4. The molecule has 9 nitrogen and oxygen atoms in total. The lowest BCUT2D eigenvalue weighted by Gasteiger charge is -2.14. The highest BCUT2D eigenvalue weighted by molar-refractivity contribution is 6.03. The second-order valence-electron chi connectivity index (χ2n) is 5.83. The monoisotopic (exact) mass is 402 g/mol. The van der Waals surface area contributed by atoms with Gasteiger partial charge in [-0.1, -0.05) is 12.1 Å². The van der Waals surface area contributed by atoms with Crippen LogP contribution in [0.4, 0.5) is 5.69 Å². The number of hydrogen-bond acceptors (Lipinski definition) is 7. The predicted molar refractivity (Wildman–Crippen MR) is 104 cm³/mol. The van der Waals surface area contributed by atoms with Crippen LogP contribution < -0.4 is 25.3 Å². The van der Waals surface area contributed by atoms with Gasteiger partial charge in [0, 0.05) is 0 Å². The molecule has 2 rings (SSSR count). The maximum Gasteiger partial charge on any atom is 0.310 e. The average Bonchev–Trinajstić information content (AvgIpc) is 2.71. The van der Waals surface area contributed by atoms with E-state index >= 15 is 0 Å². The van der Waals surface area contributed by atoms with E-state index in [-0.39, 0.29) is 17.7 Å². The molecular weight excluding hydrogens is 380 g/mol. The highest BCUT2D eigenvalue weighted by Crippen LogP contribution is 2.38. The number of para-hydroxylation sites is 1. The standard InChI is InChI=1S/C20H22N2O7/c1-26-15-8-12(9-16(27-2)19(15)28-3)10-18(24)29-11-17(23)22-14-7-5-4-6-13(14)20(21)25/h4-9H,10-11H2,1-3H3,(H2,21,25)(H,22,23). The summed E-state index contributed by atoms with van der Waals surface area (Å²) < 4.78 is 20.7. The Kier molecular flexibility index (Phi) is 7.41. The third-order valence-corrected chi connectivity index (χ3v) is 3.90. The molecule has 2 amide bonds. The van der Waals surface area contributed by atoms with Gasteiger partial charge in [0.2, 0.25) is 5.75 Å². The lowest BCUT2D eigenvalue weighted by atomic mass is 10.1. The molecule has 0 saturated carbocycles. The Morgan fingerprint density at radius 3 is 2.14 bits per heavy atom. The van der Waals surface area contributed by atoms with Crippen molar-refractivity contribution in [2.75, 3.05) is 33.3 Å². The van der Waals surface area contributed by atoms with Crippen molar-refractivity contribution in [2.24, 2.45) is 5.73 Å². The van der Waals surface area contributed by atoms with Gasteiger partial charge in [-0.15, -0.1) is 0 Å². The highest BCUT2D eigenvalue weighted by atomic mass is 16.5. The van der Waals surface area contributed by atoms with E-state index in [1.54, 1.807) is 24.3 Å². The topological polar surface area (TPSA) is 126 Å². The van der Waals surface area contributed by atoms with Crippen LogP contribution in [-0.2, 0) is 20.7 Å². The number of ether oxygens (including phenoxy) is 4. The Morgan fingerprint density at radius 1 is 0.966 bits per heavy atom. The minimum atomic E-state index is -0.680. The Hall–Kier alpha value is -3.75. The van der Waals surface area contributed by atoms with Gasteiger partial charge < -0.3 is 30.0 Å². The largest absolute Gasteiger partial charge is 0.493 e. The predicted octanol–water partition coefficient (Wildman–Crippen LogP) is 1.54. The van der Waals surface area contributed by atoms with E-state index in [1.165, 1.54) is 33.5 Å². The van der Waals surface area contributed by atoms with Gasteiger partial charge in [-0.3, -0.25) is 14.4 Å². The van der Waals surface area contributed by atoms with Crippen molar-refractivity contribution in [1.29, 1.82) is 0 Å². The molecule has 3 N–H and O–H groups in total. The summed E-state index contributed by atoms with van der Waals surface area (Å²) >= 11 is 0. The van der Waals surface area contributed by atoms with Crippen molar-refractivity contribution in [2.45, 2.75) is 6.42 Å². The number of anilines is 1. The number of nitrogens with one attached hydrogen (secondary N) is 1. The molecule has 0 aliphatic heterocycles. The molecule has 0 atom stereocenters. The third kappa shape index (κ3) is 5.61. The van der Waals surface area contributed by atoms with Crippen LogP contribution in [0.5, 0.6) is 17.2 Å². The maximum absolute atomic E-state index is 12.1. The first kappa shape index (κ1) is 21.5. The number of methoxy groups -OCH3 is 3. The van der Waals surface area contributed by atoms with Crippen LogP contribution in [0.15, 0.2) is 36.4 Å². The zero-order valence-corrected chi connectivity index (χ0v) is 16.3. The molecule has 2 aromatic carbocycles. The molecule has 0 radical (unpaired) electrons. The van der Waals surface area contributed by atoms with Crippen molar-refractivity contribution in [3.63, 3.8) is 0 Å². The molecule has 29 heavy (non-hydrogen) atoms. The summed E-state index contributed by atoms with van der Waals surface area (Å²) in [6.07, 6.45) is -0.109. The van der Waals surface area contributed by atoms with Gasteiger partial charge in [0.15, 0.2) is 18.1 Å². The number of hydrogen-bond donors (Lipinski definition) is 2. The van der Waals surface area contributed by atoms with Gasteiger partial charge in [-0.25, -0.2) is 0 Å². The molecule has 0 bridgehead atoms. The van der Waals surface area contributed by atoms with E-state index in [9.17, 15) is 14.4 Å². The molecule has 0 aliphatic carbocycles. The number of esters is 1. The van der Waals surface area contributed by atoms with Crippen molar-refractivity contribution in [1.82, 2.24) is 0 Å². The number of primary amides is 1. The fourth-order valence-corrected chi connectivity index (χ4v) is 2.59. The third-order valence-electron chi connectivity index (χ3n) is 3.90. The van der Waals surface area contributed by atoms with E-state index in [0.29, 0.717) is 22.8 Å². The summed E-state index contributed by atoms with van der Waals surface area (Å²) in [4.78, 5) is 35.5. The first-order valence-corrected chi connectivity index (χ1v) is 8.52. The summed E-state index contributed by atoms with van der Waals surface area (Å²) in [5, 5.41) is 2.49. The lowest BCUT2D eigenvalue weighted by molar-refractivity contribution is -0.146. The summed E-state index contributed by atoms with van der Waals surface area (Å²) in [5.41, 5.74) is 6.22. The fourth-order valence-electron chi connectivity index (χ4n) is 2.59. The number of benzene rings is 2. The van der Waals surface area contributed by atoms with Crippen LogP contribution in [0.3, 0.4) is 0 Å². The zero-order valence-electron chi connectivity index (χ0n) is 16.3. The second kappa shape index (κ2) is 9.98. The first-order chi connectivity index (χ1) is 13.9. The number of carbonyl (C=O) groups excluding carboxylic acids is 3. The number of nitrogens with two attached hydrogens (primary N) is 1. The van der Waals surface area contributed by atoms with E-state index < -0.39 is 24.4 Å². The first-order valence-electron chi connectivity index (χ1n) is 8.52. The fraction of sp³-hybridized carbons (Fsp3) is 0.250. The molecule has 0 fully saturated rings. The Labute approximate surface area is 167 Å². The number of rotatable bonds is 9. The molecule has 0 unspecified atom stereocenters. The van der Waals surface area contributed by atoms with E-state index in [4.69, 9.17) is 24.7 Å². The van der Waals surface area contributed by atoms with Crippen LogP contribution in [0.2, 0.25) is 0 Å². The molecule has 154 valence electrons. The van der Waals surface area contributed by atoms with Gasteiger partial charge in [-0.05, 0) is 29.8 Å². The van der Waals surface area contributed by atoms with Crippen LogP contribution in [0.25, 0.3) is 0 Å². The normalized spacial score (nSPS) is 10.0. The van der Waals surface area contributed by atoms with Gasteiger partial charge in [0.05, 0.1) is 39.0 Å². The quantitative estimate of drug-likeness (QED) is 0.609. The molecule has 9 heteroatoms. The van der Waals surface area contributed by atoms with E-state index in [2.05, 4.69) is 5.32 Å². The molecule has 0 spiro atoms. The van der Waals surface area contributed by atoms with Crippen LogP contribution >= 0.6 is 0 Å². The Balaban J connectivity index is 1.98. The van der Waals surface area contributed by atoms with Gasteiger partial charge >= 0.3 is 5.97 Å². The van der Waals surface area contributed by atoms with Crippen LogP contribution in [0, 0.1) is 0 Å². The minimum Gasteiger partial charge on any atom is -0.493 e. The summed E-state index contributed by atoms with van der Waals surface area (Å²) in [6.45, 7) is -0.518. The van der Waals surface area contributed by atoms with Crippen LogP contribution in [0.1, 0.15) is 15.9 Å². The summed E-state index contributed by atoms with van der Waals surface area (Å²) in [7, 11) is 4.41. The Morgan fingerprint density at radius 2 is 1.59 bits per heavy atom. The smallest absolute Gasteiger partial charge is 0.310 e. The summed E-state index contributed by atoms with van der Waals surface area (Å²) in [5.74, 6) is -0.708.